The van der Waals surface area contributed by atoms with Crippen molar-refractivity contribution in [3.63, 3.8) is 0 Å². The Kier molecular flexibility index (Phi) is 6.03. The smallest absolute Gasteiger partial charge is 0.191 e. The van der Waals surface area contributed by atoms with E-state index in [0.717, 1.165) is 6.54 Å². The van der Waals surface area contributed by atoms with Gasteiger partial charge < -0.3 is 20.2 Å². The molecule has 3 N–H and O–H groups in total. The van der Waals surface area contributed by atoms with Crippen LogP contribution in [0.1, 0.15) is 37.3 Å². The Morgan fingerprint density at radius 3 is 2.64 bits per heavy atom. The van der Waals surface area contributed by atoms with Crippen molar-refractivity contribution in [1.82, 2.24) is 10.6 Å². The second kappa shape index (κ2) is 8.24. The molecule has 0 aliphatic rings. The Morgan fingerprint density at radius 1 is 1.23 bits per heavy atom. The van der Waals surface area contributed by atoms with Gasteiger partial charge >= 0.3 is 0 Å². The van der Waals surface area contributed by atoms with E-state index in [9.17, 15) is 5.11 Å². The van der Waals surface area contributed by atoms with Crippen molar-refractivity contribution < 1.29 is 9.52 Å². The molecule has 5 heteroatoms. The number of aliphatic hydroxyl groups is 1. The van der Waals surface area contributed by atoms with Gasteiger partial charge in [0.05, 0.1) is 18.8 Å². The highest BCUT2D eigenvalue weighted by Crippen LogP contribution is 2.14. The molecule has 2 unspecified atom stereocenters. The summed E-state index contributed by atoms with van der Waals surface area (Å²) in [7, 11) is 0. The summed E-state index contributed by atoms with van der Waals surface area (Å²) in [5.74, 6) is 1.19. The van der Waals surface area contributed by atoms with Gasteiger partial charge in [-0.1, -0.05) is 30.3 Å². The van der Waals surface area contributed by atoms with Crippen LogP contribution in [0.4, 0.5) is 0 Å². The van der Waals surface area contributed by atoms with Crippen molar-refractivity contribution in [1.29, 1.82) is 0 Å². The molecule has 0 saturated carbocycles. The van der Waals surface area contributed by atoms with Gasteiger partial charge in [-0.15, -0.1) is 0 Å². The summed E-state index contributed by atoms with van der Waals surface area (Å²) in [6.45, 7) is 5.08. The zero-order chi connectivity index (χ0) is 15.8. The molecule has 2 atom stereocenters. The third-order valence-electron chi connectivity index (χ3n) is 3.29. The van der Waals surface area contributed by atoms with Crippen molar-refractivity contribution in [2.45, 2.75) is 26.0 Å². The lowest BCUT2D eigenvalue weighted by atomic mass is 10.1. The highest BCUT2D eigenvalue weighted by atomic mass is 16.4. The highest BCUT2D eigenvalue weighted by Gasteiger charge is 2.11. The largest absolute Gasteiger partial charge is 0.467 e. The molecule has 0 radical (unpaired) electrons. The minimum absolute atomic E-state index is 0.125. The summed E-state index contributed by atoms with van der Waals surface area (Å²) >= 11 is 0. The average Bonchev–Trinajstić information content (AvgIpc) is 3.08. The minimum atomic E-state index is -0.738. The summed E-state index contributed by atoms with van der Waals surface area (Å²) in [5, 5.41) is 16.5. The molecule has 1 heterocycles. The Hall–Kier alpha value is -2.27. The standard InChI is InChI=1S/C17H23N3O2/c1-3-18-17(19-12-15(21)16-10-7-11-22-16)20-13(2)14-8-5-4-6-9-14/h4-11,13,15,21H,3,12H2,1-2H3,(H2,18,19,20). The number of aliphatic hydroxyl groups excluding tert-OH is 1. The molecule has 0 fully saturated rings. The number of guanidine groups is 1. The lowest BCUT2D eigenvalue weighted by Crippen LogP contribution is -2.39. The normalized spacial score (nSPS) is 14.4. The number of hydrogen-bond acceptors (Lipinski definition) is 3. The summed E-state index contributed by atoms with van der Waals surface area (Å²) in [6, 6.07) is 13.8. The zero-order valence-corrected chi connectivity index (χ0v) is 13.0. The van der Waals surface area contributed by atoms with Crippen LogP contribution in [-0.2, 0) is 0 Å². The second-order valence-electron chi connectivity index (χ2n) is 5.03. The van der Waals surface area contributed by atoms with Crippen LogP contribution in [0.15, 0.2) is 58.1 Å². The number of furan rings is 1. The van der Waals surface area contributed by atoms with Crippen LogP contribution in [0.2, 0.25) is 0 Å². The molecule has 0 aliphatic heterocycles. The first-order valence-electron chi connectivity index (χ1n) is 7.52. The van der Waals surface area contributed by atoms with E-state index in [1.54, 1.807) is 18.4 Å². The number of benzene rings is 1. The van der Waals surface area contributed by atoms with Gasteiger partial charge in [0.15, 0.2) is 5.96 Å². The lowest BCUT2D eigenvalue weighted by Gasteiger charge is -2.18. The molecule has 2 aromatic rings. The van der Waals surface area contributed by atoms with Crippen LogP contribution in [-0.4, -0.2) is 24.2 Å². The first-order chi connectivity index (χ1) is 10.7. The average molecular weight is 301 g/mol. The van der Waals surface area contributed by atoms with Crippen LogP contribution in [0, 0.1) is 0 Å². The Labute approximate surface area is 131 Å². The predicted octanol–water partition coefficient (Wildman–Crippen LogP) is 2.63. The molecule has 22 heavy (non-hydrogen) atoms. The van der Waals surface area contributed by atoms with Crippen molar-refractivity contribution in [3.05, 3.63) is 60.1 Å². The number of nitrogens with zero attached hydrogens (tertiary/aromatic N) is 1. The molecule has 0 amide bonds. The molecule has 1 aromatic carbocycles. The van der Waals surface area contributed by atoms with E-state index < -0.39 is 6.10 Å². The van der Waals surface area contributed by atoms with Gasteiger partial charge in [0, 0.05) is 6.54 Å². The third kappa shape index (κ3) is 4.63. The molecule has 0 spiro atoms. The van der Waals surface area contributed by atoms with E-state index in [-0.39, 0.29) is 12.6 Å². The van der Waals surface area contributed by atoms with Gasteiger partial charge in [0.1, 0.15) is 11.9 Å². The first kappa shape index (κ1) is 16.1. The molecule has 1 aromatic heterocycles. The van der Waals surface area contributed by atoms with Gasteiger partial charge in [-0.25, -0.2) is 0 Å². The van der Waals surface area contributed by atoms with Gasteiger partial charge in [-0.05, 0) is 31.5 Å². The molecule has 0 bridgehead atoms. The first-order valence-corrected chi connectivity index (χ1v) is 7.52. The summed E-state index contributed by atoms with van der Waals surface area (Å²) in [4.78, 5) is 4.42. The zero-order valence-electron chi connectivity index (χ0n) is 13.0. The molecule has 2 rings (SSSR count). The van der Waals surface area contributed by atoms with E-state index in [1.807, 2.05) is 25.1 Å². The number of aliphatic imine (C=N–C) groups is 1. The molecule has 5 nitrogen and oxygen atoms in total. The quantitative estimate of drug-likeness (QED) is 0.566. The number of nitrogens with one attached hydrogen (secondary N) is 2. The van der Waals surface area contributed by atoms with Crippen molar-refractivity contribution in [2.24, 2.45) is 4.99 Å². The fourth-order valence-corrected chi connectivity index (χ4v) is 2.10. The fraction of sp³-hybridized carbons (Fsp3) is 0.353. The number of hydrogen-bond donors (Lipinski definition) is 3. The Balaban J connectivity index is 1.98. The minimum Gasteiger partial charge on any atom is -0.467 e. The third-order valence-corrected chi connectivity index (χ3v) is 3.29. The predicted molar refractivity (Wildman–Crippen MR) is 87.6 cm³/mol. The van der Waals surface area contributed by atoms with Crippen LogP contribution >= 0.6 is 0 Å². The molecular formula is C17H23N3O2. The van der Waals surface area contributed by atoms with Gasteiger partial charge in [-0.3, -0.25) is 4.99 Å². The molecular weight excluding hydrogens is 278 g/mol. The molecule has 118 valence electrons. The monoisotopic (exact) mass is 301 g/mol. The van der Waals surface area contributed by atoms with E-state index in [1.165, 1.54) is 5.56 Å². The topological polar surface area (TPSA) is 69.8 Å². The van der Waals surface area contributed by atoms with E-state index in [4.69, 9.17) is 4.42 Å². The SMILES string of the molecule is CCNC(=NCC(O)c1ccco1)NC(C)c1ccccc1. The maximum absolute atomic E-state index is 10.0. The van der Waals surface area contributed by atoms with E-state index in [0.29, 0.717) is 11.7 Å². The van der Waals surface area contributed by atoms with Gasteiger partial charge in [0.25, 0.3) is 0 Å². The maximum atomic E-state index is 10.0. The van der Waals surface area contributed by atoms with Gasteiger partial charge in [0.2, 0.25) is 0 Å². The van der Waals surface area contributed by atoms with Crippen molar-refractivity contribution in [2.75, 3.05) is 13.1 Å². The van der Waals surface area contributed by atoms with Crippen molar-refractivity contribution in [3.8, 4) is 0 Å². The summed E-state index contributed by atoms with van der Waals surface area (Å²) in [6.07, 6.45) is 0.806. The summed E-state index contributed by atoms with van der Waals surface area (Å²) < 4.78 is 5.18. The maximum Gasteiger partial charge on any atom is 0.191 e. The van der Waals surface area contributed by atoms with Gasteiger partial charge in [-0.2, -0.15) is 0 Å². The fourth-order valence-electron chi connectivity index (χ4n) is 2.10. The number of rotatable bonds is 6. The Morgan fingerprint density at radius 2 is 2.00 bits per heavy atom. The van der Waals surface area contributed by atoms with Crippen LogP contribution in [0.25, 0.3) is 0 Å². The van der Waals surface area contributed by atoms with Crippen LogP contribution in [0.5, 0.6) is 0 Å². The van der Waals surface area contributed by atoms with Crippen molar-refractivity contribution >= 4 is 5.96 Å². The van der Waals surface area contributed by atoms with E-state index >= 15 is 0 Å². The van der Waals surface area contributed by atoms with Crippen LogP contribution in [0.3, 0.4) is 0 Å². The summed E-state index contributed by atoms with van der Waals surface area (Å²) in [5.41, 5.74) is 1.18. The molecule has 0 aliphatic carbocycles. The highest BCUT2D eigenvalue weighted by molar-refractivity contribution is 5.80. The van der Waals surface area contributed by atoms with Crippen LogP contribution < -0.4 is 10.6 Å². The molecule has 0 saturated heterocycles. The lowest BCUT2D eigenvalue weighted by molar-refractivity contribution is 0.158. The van der Waals surface area contributed by atoms with E-state index in [2.05, 4.69) is 34.7 Å². The second-order valence-corrected chi connectivity index (χ2v) is 5.03. The Bertz CT molecular complexity index is 567.